The molecule has 3 N–H and O–H groups in total. The van der Waals surface area contributed by atoms with Crippen LogP contribution in [0.4, 0.5) is 23.1 Å². The minimum absolute atomic E-state index is 0. The van der Waals surface area contributed by atoms with Crippen molar-refractivity contribution >= 4 is 138 Å². The number of amides is 1. The van der Waals surface area contributed by atoms with Crippen LogP contribution in [0.15, 0.2) is 140 Å². The summed E-state index contributed by atoms with van der Waals surface area (Å²) < 4.78 is 28.2. The highest BCUT2D eigenvalue weighted by molar-refractivity contribution is 9.09. The zero-order valence-corrected chi connectivity index (χ0v) is 39.9. The number of rotatable bonds is 7. The van der Waals surface area contributed by atoms with Gasteiger partial charge >= 0.3 is 0 Å². The molecule has 10 aromatic rings. The van der Waals surface area contributed by atoms with E-state index in [1.165, 1.54) is 4.70 Å². The standard InChI is InChI=1S/C28H23BrN2O4S.C25H20N2O3S.B/c29-11-10-24(33)30-21-9-8-18(28-26(21)20-4-1-2-7-23(20)36-28)17-5-3-6-19-22(32)16-25(35-27(17)19)31-12-14-34-15-13-31;26-19-9-8-16(25-23(19)18-4-1-2-7-21(18)31-25)15-5-3-6-17-20(28)14-22(30-24(15)17)27-10-12-29-13-11-27;/h1-9,16H,10-15H2,(H,30,33);1-9,14H,10-13,26H2;. The van der Waals surface area contributed by atoms with Crippen molar-refractivity contribution in [1.29, 1.82) is 0 Å². The number of benzene rings is 6. The summed E-state index contributed by atoms with van der Waals surface area (Å²) in [6.07, 6.45) is 0.393. The van der Waals surface area contributed by atoms with Crippen LogP contribution in [-0.2, 0) is 14.3 Å². The summed E-state index contributed by atoms with van der Waals surface area (Å²) in [6, 6.07) is 39.1. The number of hydrogen-bond donors (Lipinski definition) is 2. The van der Waals surface area contributed by atoms with Crippen LogP contribution in [0, 0.1) is 0 Å². The third kappa shape index (κ3) is 8.32. The molecule has 2 fully saturated rings. The van der Waals surface area contributed by atoms with Crippen molar-refractivity contribution in [3.63, 3.8) is 0 Å². The monoisotopic (exact) mass is 1000 g/mol. The fourth-order valence-electron chi connectivity index (χ4n) is 9.14. The summed E-state index contributed by atoms with van der Waals surface area (Å²) >= 11 is 6.74. The van der Waals surface area contributed by atoms with Gasteiger partial charge in [-0.15, -0.1) is 22.7 Å². The van der Waals surface area contributed by atoms with Crippen LogP contribution in [0.2, 0.25) is 0 Å². The molecule has 6 heterocycles. The number of carbonyl (C=O) groups is 1. The number of nitrogens with two attached hydrogens (primary N) is 1. The lowest BCUT2D eigenvalue weighted by molar-refractivity contribution is -0.115. The topological polar surface area (TPSA) is 140 Å². The van der Waals surface area contributed by atoms with Crippen LogP contribution in [0.5, 0.6) is 0 Å². The van der Waals surface area contributed by atoms with E-state index < -0.39 is 0 Å². The SMILES string of the molecule is Nc1ccc(-c2cccc3c(=O)cc(N4CCOCC4)oc23)c2sc3ccccc3c12.O=C(CCBr)Nc1ccc(-c2cccc3c(=O)cc(N4CCOCC4)oc23)c2sc3ccccc3c12.[B]. The third-order valence-electron chi connectivity index (χ3n) is 12.4. The molecule has 0 aliphatic carbocycles. The Hall–Kier alpha value is -6.49. The van der Waals surface area contributed by atoms with Crippen molar-refractivity contribution in [1.82, 2.24) is 0 Å². The van der Waals surface area contributed by atoms with E-state index in [-0.39, 0.29) is 25.2 Å². The number of alkyl halides is 1. The van der Waals surface area contributed by atoms with E-state index in [1.54, 1.807) is 34.8 Å². The highest BCUT2D eigenvalue weighted by Crippen LogP contribution is 2.46. The number of halogens is 1. The van der Waals surface area contributed by atoms with Gasteiger partial charge in [-0.05, 0) is 36.4 Å². The number of morpholine rings is 2. The van der Waals surface area contributed by atoms with Gasteiger partial charge in [0, 0.05) is 127 Å². The molecule has 11 nitrogen and oxygen atoms in total. The van der Waals surface area contributed by atoms with Crippen LogP contribution in [0.3, 0.4) is 0 Å². The summed E-state index contributed by atoms with van der Waals surface area (Å²) in [6.45, 7) is 5.24. The second-order valence-corrected chi connectivity index (χ2v) is 19.3. The van der Waals surface area contributed by atoms with Crippen molar-refractivity contribution in [2.75, 3.05) is 78.8 Å². The van der Waals surface area contributed by atoms with Crippen LogP contribution in [-0.4, -0.2) is 72.3 Å². The van der Waals surface area contributed by atoms with Crippen LogP contribution in [0.25, 0.3) is 84.5 Å². The van der Waals surface area contributed by atoms with Crippen molar-refractivity contribution in [2.45, 2.75) is 6.42 Å². The van der Waals surface area contributed by atoms with Gasteiger partial charge in [0.1, 0.15) is 11.2 Å². The number of nitrogens with one attached hydrogen (secondary N) is 1. The van der Waals surface area contributed by atoms with Gasteiger partial charge < -0.3 is 39.2 Å². The van der Waals surface area contributed by atoms with E-state index in [4.69, 9.17) is 24.0 Å². The first-order chi connectivity index (χ1) is 32.8. The maximum atomic E-state index is 13.1. The second kappa shape index (κ2) is 19.3. The molecule has 2 aliphatic rings. The van der Waals surface area contributed by atoms with E-state index in [1.807, 2.05) is 84.9 Å². The Balaban J connectivity index is 0.000000158. The smallest absolute Gasteiger partial charge is 0.225 e. The first-order valence-corrected chi connectivity index (χ1v) is 24.9. The number of para-hydroxylation sites is 2. The fourth-order valence-corrected chi connectivity index (χ4v) is 12.0. The number of anilines is 4. The summed E-state index contributed by atoms with van der Waals surface area (Å²) in [5, 5.41) is 9.12. The fraction of sp³-hybridized carbons (Fsp3) is 0.189. The summed E-state index contributed by atoms with van der Waals surface area (Å²) in [7, 11) is 0. The van der Waals surface area contributed by atoms with Crippen molar-refractivity contribution in [2.24, 2.45) is 0 Å². The normalized spacial score (nSPS) is 14.1. The zero-order chi connectivity index (χ0) is 45.6. The Labute approximate surface area is 408 Å². The number of nitrogen functional groups attached to an aromatic ring is 1. The Bertz CT molecular complexity index is 3670. The van der Waals surface area contributed by atoms with Gasteiger partial charge in [0.2, 0.25) is 5.91 Å². The van der Waals surface area contributed by atoms with E-state index >= 15 is 0 Å². The summed E-state index contributed by atoms with van der Waals surface area (Å²) in [4.78, 5) is 42.6. The Morgan fingerprint density at radius 3 is 1.59 bits per heavy atom. The maximum Gasteiger partial charge on any atom is 0.225 e. The van der Waals surface area contributed by atoms with E-state index in [2.05, 4.69) is 55.3 Å². The number of ether oxygens (including phenoxy) is 2. The van der Waals surface area contributed by atoms with E-state index in [9.17, 15) is 14.4 Å². The predicted octanol–water partition coefficient (Wildman–Crippen LogP) is 11.3. The molecule has 15 heteroatoms. The molecule has 0 spiro atoms. The number of thiophene rings is 2. The lowest BCUT2D eigenvalue weighted by atomic mass is 9.99. The minimum atomic E-state index is -0.0640. The van der Waals surface area contributed by atoms with Crippen LogP contribution >= 0.6 is 38.6 Å². The van der Waals surface area contributed by atoms with Crippen LogP contribution in [0.1, 0.15) is 6.42 Å². The van der Waals surface area contributed by atoms with Gasteiger partial charge in [0.05, 0.1) is 42.9 Å². The van der Waals surface area contributed by atoms with Crippen molar-refractivity contribution in [3.05, 3.63) is 142 Å². The Morgan fingerprint density at radius 1 is 0.588 bits per heavy atom. The molecule has 0 saturated carbocycles. The van der Waals surface area contributed by atoms with Gasteiger partial charge in [-0.2, -0.15) is 0 Å². The Kier molecular flexibility index (Phi) is 12.8. The molecule has 339 valence electrons. The first-order valence-electron chi connectivity index (χ1n) is 22.1. The third-order valence-corrected chi connectivity index (χ3v) is 15.2. The molecule has 0 atom stereocenters. The quantitative estimate of drug-likeness (QED) is 0.0901. The molecular formula is C53H43BBrN4O7S2. The second-order valence-electron chi connectivity index (χ2n) is 16.4. The van der Waals surface area contributed by atoms with Crippen molar-refractivity contribution in [3.8, 4) is 22.3 Å². The van der Waals surface area contributed by atoms with Gasteiger partial charge in [-0.3, -0.25) is 14.4 Å². The molecular weight excluding hydrogens is 959 g/mol. The molecule has 0 unspecified atom stereocenters. The average Bonchev–Trinajstić information content (AvgIpc) is 3.96. The lowest BCUT2D eigenvalue weighted by Crippen LogP contribution is -2.36. The highest BCUT2D eigenvalue weighted by Gasteiger charge is 2.23. The van der Waals surface area contributed by atoms with Gasteiger partial charge in [0.25, 0.3) is 0 Å². The number of hydrogen-bond acceptors (Lipinski definition) is 12. The van der Waals surface area contributed by atoms with Crippen LogP contribution < -0.4 is 31.7 Å². The zero-order valence-electron chi connectivity index (χ0n) is 36.7. The van der Waals surface area contributed by atoms with Gasteiger partial charge in [-0.25, -0.2) is 0 Å². The molecule has 2 aliphatic heterocycles. The predicted molar refractivity (Wildman–Crippen MR) is 285 cm³/mol. The molecule has 12 rings (SSSR count). The number of fused-ring (bicyclic) bond motifs is 8. The van der Waals surface area contributed by atoms with Gasteiger partial charge in [0.15, 0.2) is 22.6 Å². The summed E-state index contributed by atoms with van der Waals surface area (Å²) in [5.41, 5.74) is 12.8. The maximum absolute atomic E-state index is 13.1. The molecule has 3 radical (unpaired) electrons. The molecule has 0 bridgehead atoms. The van der Waals surface area contributed by atoms with E-state index in [0.717, 1.165) is 69.3 Å². The lowest BCUT2D eigenvalue weighted by Gasteiger charge is -2.27. The van der Waals surface area contributed by atoms with Gasteiger partial charge in [-0.1, -0.05) is 88.7 Å². The minimum Gasteiger partial charge on any atom is -0.440 e. The summed E-state index contributed by atoms with van der Waals surface area (Å²) in [5.74, 6) is 1.12. The largest absolute Gasteiger partial charge is 0.440 e. The molecule has 2 saturated heterocycles. The van der Waals surface area contributed by atoms with E-state index in [0.29, 0.717) is 98.1 Å². The molecule has 4 aromatic heterocycles. The van der Waals surface area contributed by atoms with Crippen molar-refractivity contribution < 1.29 is 23.1 Å². The molecule has 68 heavy (non-hydrogen) atoms. The first kappa shape index (κ1) is 45.3. The average molecular weight is 1000 g/mol. The number of nitrogens with zero attached hydrogens (tertiary/aromatic N) is 2. The molecule has 1 amide bonds. The Morgan fingerprint density at radius 2 is 1.06 bits per heavy atom. The highest BCUT2D eigenvalue weighted by atomic mass is 79.9. The number of carbonyl (C=O) groups excluding carboxylic acids is 1. The molecule has 6 aromatic carbocycles.